The van der Waals surface area contributed by atoms with Crippen LogP contribution in [-0.2, 0) is 0 Å². The van der Waals surface area contributed by atoms with Crippen molar-refractivity contribution in [3.63, 3.8) is 0 Å². The quantitative estimate of drug-likeness (QED) is 0.290. The lowest BCUT2D eigenvalue weighted by Gasteiger charge is -2.12. The van der Waals surface area contributed by atoms with Gasteiger partial charge in [0.2, 0.25) is 5.78 Å². The maximum atomic E-state index is 13.9. The number of nitrogen functional groups attached to an aromatic ring is 1. The number of benzene rings is 3. The van der Waals surface area contributed by atoms with E-state index in [4.69, 9.17) is 22.1 Å². The Hall–Kier alpha value is -4.10. The molecular weight excluding hydrogens is 455 g/mol. The predicted octanol–water partition coefficient (Wildman–Crippen LogP) is 6.37. The molecule has 0 saturated heterocycles. The number of ketones is 1. The summed E-state index contributed by atoms with van der Waals surface area (Å²) < 4.78 is 21.1. The van der Waals surface area contributed by atoms with Crippen molar-refractivity contribution in [3.8, 4) is 17.2 Å². The van der Waals surface area contributed by atoms with Gasteiger partial charge in [-0.05, 0) is 73.5 Å². The van der Waals surface area contributed by atoms with Gasteiger partial charge in [-0.1, -0.05) is 23.7 Å². The van der Waals surface area contributed by atoms with Crippen LogP contribution in [0, 0.1) is 19.7 Å². The van der Waals surface area contributed by atoms with Crippen LogP contribution in [0.4, 0.5) is 10.2 Å². The van der Waals surface area contributed by atoms with Gasteiger partial charge >= 0.3 is 0 Å². The molecule has 0 aliphatic heterocycles. The Bertz CT molecular complexity index is 1530. The number of carbonyl (C=O) groups is 1. The number of nitrogens with zero attached hydrogens (tertiary/aromatic N) is 2. The van der Waals surface area contributed by atoms with Gasteiger partial charge in [-0.2, -0.15) is 5.10 Å². The molecule has 0 atom stereocenters. The highest BCUT2D eigenvalue weighted by Crippen LogP contribution is 2.30. The molecule has 0 saturated carbocycles. The average molecular weight is 475 g/mol. The topological polar surface area (TPSA) is 85.9 Å². The van der Waals surface area contributed by atoms with Gasteiger partial charge < -0.3 is 15.5 Å². The van der Waals surface area contributed by atoms with Crippen LogP contribution in [0.5, 0.6) is 11.5 Å². The molecule has 0 radical (unpaired) electrons. The third-order valence-corrected chi connectivity index (χ3v) is 6.06. The SMILES string of the molecule is Cc1cc2cc(C(=O)c3cnn(-c4ccc(Oc5ccccc5F)c(C)c4)c3N)[nH]c2cc1Cl. The van der Waals surface area contributed by atoms with Crippen molar-refractivity contribution in [2.75, 3.05) is 5.73 Å². The normalized spacial score (nSPS) is 11.2. The Morgan fingerprint density at radius 3 is 2.62 bits per heavy atom. The minimum atomic E-state index is -0.445. The molecule has 6 nitrogen and oxygen atoms in total. The lowest BCUT2D eigenvalue weighted by molar-refractivity contribution is 0.103. The molecular formula is C26H20ClFN4O2. The first-order valence-electron chi connectivity index (χ1n) is 10.5. The van der Waals surface area contributed by atoms with Crippen LogP contribution in [0.1, 0.15) is 27.2 Å². The van der Waals surface area contributed by atoms with Gasteiger partial charge in [0.15, 0.2) is 11.6 Å². The summed E-state index contributed by atoms with van der Waals surface area (Å²) in [6, 6.07) is 17.0. The minimum Gasteiger partial charge on any atom is -0.454 e. The fourth-order valence-corrected chi connectivity index (χ4v) is 3.96. The number of aromatic nitrogens is 3. The van der Waals surface area contributed by atoms with E-state index in [1.807, 2.05) is 26.0 Å². The first kappa shape index (κ1) is 21.7. The maximum Gasteiger partial charge on any atom is 0.214 e. The van der Waals surface area contributed by atoms with Crippen LogP contribution in [-0.4, -0.2) is 20.5 Å². The summed E-state index contributed by atoms with van der Waals surface area (Å²) in [6.07, 6.45) is 1.44. The zero-order chi connectivity index (χ0) is 24.0. The zero-order valence-corrected chi connectivity index (χ0v) is 19.2. The van der Waals surface area contributed by atoms with Crippen molar-refractivity contribution in [3.05, 3.63) is 100 Å². The molecule has 8 heteroatoms. The number of carbonyl (C=O) groups excluding carboxylic acids is 1. The molecule has 5 rings (SSSR count). The summed E-state index contributed by atoms with van der Waals surface area (Å²) in [5.41, 5.74) is 10.1. The van der Waals surface area contributed by atoms with Crippen molar-refractivity contribution in [1.82, 2.24) is 14.8 Å². The largest absolute Gasteiger partial charge is 0.454 e. The summed E-state index contributed by atoms with van der Waals surface area (Å²) in [7, 11) is 0. The van der Waals surface area contributed by atoms with Crippen LogP contribution in [0.15, 0.2) is 66.9 Å². The van der Waals surface area contributed by atoms with Crippen LogP contribution in [0.25, 0.3) is 16.6 Å². The highest BCUT2D eigenvalue weighted by atomic mass is 35.5. The first-order chi connectivity index (χ1) is 16.3. The molecule has 34 heavy (non-hydrogen) atoms. The van der Waals surface area contributed by atoms with Crippen molar-refractivity contribution in [2.45, 2.75) is 13.8 Å². The molecule has 2 aromatic heterocycles. The first-order valence-corrected chi connectivity index (χ1v) is 10.9. The van der Waals surface area contributed by atoms with E-state index in [1.165, 1.54) is 16.9 Å². The van der Waals surface area contributed by atoms with E-state index in [0.29, 0.717) is 22.2 Å². The van der Waals surface area contributed by atoms with E-state index in [9.17, 15) is 9.18 Å². The summed E-state index contributed by atoms with van der Waals surface area (Å²) in [6.45, 7) is 3.75. The number of rotatable bonds is 5. The van der Waals surface area contributed by atoms with Crippen molar-refractivity contribution < 1.29 is 13.9 Å². The third-order valence-electron chi connectivity index (χ3n) is 5.66. The Labute approximate surface area is 199 Å². The number of ether oxygens (including phenoxy) is 1. The number of hydrogen-bond donors (Lipinski definition) is 2. The second-order valence-corrected chi connectivity index (χ2v) is 8.45. The molecule has 5 aromatic rings. The molecule has 2 heterocycles. The number of aryl methyl sites for hydroxylation is 2. The lowest BCUT2D eigenvalue weighted by Crippen LogP contribution is -2.07. The summed E-state index contributed by atoms with van der Waals surface area (Å²) >= 11 is 6.20. The van der Waals surface area contributed by atoms with Crippen molar-refractivity contribution >= 4 is 34.1 Å². The number of fused-ring (bicyclic) bond motifs is 1. The Morgan fingerprint density at radius 2 is 1.85 bits per heavy atom. The lowest BCUT2D eigenvalue weighted by atomic mass is 10.1. The van der Waals surface area contributed by atoms with Gasteiger partial charge in [-0.3, -0.25) is 4.79 Å². The number of H-pyrrole nitrogens is 1. The standard InChI is InChI=1S/C26H20ClFN4O2/c1-14-9-16-11-22(31-21(16)12-19(14)27)25(33)18-13-30-32(26(18)29)17-7-8-23(15(2)10-17)34-24-6-4-3-5-20(24)28/h3-13,31H,29H2,1-2H3. The van der Waals surface area contributed by atoms with E-state index in [2.05, 4.69) is 10.1 Å². The molecule has 0 spiro atoms. The van der Waals surface area contributed by atoms with E-state index < -0.39 is 5.82 Å². The van der Waals surface area contributed by atoms with Crippen LogP contribution in [0.2, 0.25) is 5.02 Å². The molecule has 3 N–H and O–H groups in total. The smallest absolute Gasteiger partial charge is 0.214 e. The number of nitrogens with one attached hydrogen (secondary N) is 1. The fraction of sp³-hybridized carbons (Fsp3) is 0.0769. The zero-order valence-electron chi connectivity index (χ0n) is 18.4. The maximum absolute atomic E-state index is 13.9. The third kappa shape index (κ3) is 3.80. The number of hydrogen-bond acceptors (Lipinski definition) is 4. The van der Waals surface area contributed by atoms with E-state index in [0.717, 1.165) is 22.0 Å². The molecule has 0 unspecified atom stereocenters. The molecule has 3 aromatic carbocycles. The van der Waals surface area contributed by atoms with Crippen molar-refractivity contribution in [2.24, 2.45) is 0 Å². The van der Waals surface area contributed by atoms with Crippen LogP contribution in [0.3, 0.4) is 0 Å². The number of anilines is 1. The average Bonchev–Trinajstić information content (AvgIpc) is 3.39. The Kier molecular flexibility index (Phi) is 5.34. The molecule has 0 aliphatic carbocycles. The number of halogens is 2. The summed E-state index contributed by atoms with van der Waals surface area (Å²) in [4.78, 5) is 16.3. The van der Waals surface area contributed by atoms with Gasteiger partial charge in [0.05, 0.1) is 23.1 Å². The highest BCUT2D eigenvalue weighted by Gasteiger charge is 2.20. The van der Waals surface area contributed by atoms with E-state index >= 15 is 0 Å². The molecule has 0 bridgehead atoms. The van der Waals surface area contributed by atoms with Crippen LogP contribution < -0.4 is 10.5 Å². The van der Waals surface area contributed by atoms with Gasteiger partial charge in [-0.15, -0.1) is 0 Å². The number of para-hydroxylation sites is 1. The minimum absolute atomic E-state index is 0.139. The summed E-state index contributed by atoms with van der Waals surface area (Å²) in [5.74, 6) is 0.132. The second kappa shape index (κ2) is 8.35. The van der Waals surface area contributed by atoms with Crippen molar-refractivity contribution in [1.29, 1.82) is 0 Å². The van der Waals surface area contributed by atoms with Gasteiger partial charge in [0, 0.05) is 15.9 Å². The van der Waals surface area contributed by atoms with E-state index in [-0.39, 0.29) is 22.9 Å². The highest BCUT2D eigenvalue weighted by molar-refractivity contribution is 6.32. The van der Waals surface area contributed by atoms with Gasteiger partial charge in [-0.25, -0.2) is 9.07 Å². The molecule has 170 valence electrons. The second-order valence-electron chi connectivity index (χ2n) is 8.04. The fourth-order valence-electron chi connectivity index (χ4n) is 3.80. The number of aromatic amines is 1. The monoisotopic (exact) mass is 474 g/mol. The number of nitrogens with two attached hydrogens (primary N) is 1. The molecule has 0 fully saturated rings. The van der Waals surface area contributed by atoms with Gasteiger partial charge in [0.25, 0.3) is 0 Å². The predicted molar refractivity (Wildman–Crippen MR) is 131 cm³/mol. The molecule has 0 aliphatic rings. The molecule has 0 amide bonds. The van der Waals surface area contributed by atoms with E-state index in [1.54, 1.807) is 42.5 Å². The Balaban J connectivity index is 1.44. The van der Waals surface area contributed by atoms with Crippen LogP contribution >= 0.6 is 11.6 Å². The van der Waals surface area contributed by atoms with Gasteiger partial charge in [0.1, 0.15) is 11.6 Å². The Morgan fingerprint density at radius 1 is 1.06 bits per heavy atom. The summed E-state index contributed by atoms with van der Waals surface area (Å²) in [5, 5.41) is 5.83.